The van der Waals surface area contributed by atoms with Gasteiger partial charge < -0.3 is 10.1 Å². The molecule has 2 atom stereocenters. The summed E-state index contributed by atoms with van der Waals surface area (Å²) in [4.78, 5) is 0. The van der Waals surface area contributed by atoms with Gasteiger partial charge in [-0.1, -0.05) is 6.92 Å². The van der Waals surface area contributed by atoms with Crippen molar-refractivity contribution in [2.24, 2.45) is 5.92 Å². The highest BCUT2D eigenvalue weighted by Gasteiger charge is 2.30. The molecule has 0 aromatic heterocycles. The molecule has 1 N–H and O–H groups in total. The van der Waals surface area contributed by atoms with Crippen LogP contribution in [0.3, 0.4) is 0 Å². The van der Waals surface area contributed by atoms with Gasteiger partial charge in [-0.15, -0.1) is 0 Å². The van der Waals surface area contributed by atoms with Crippen molar-refractivity contribution < 1.29 is 13.2 Å². The smallest absolute Gasteiger partial charge is 0.216 e. The van der Waals surface area contributed by atoms with E-state index in [0.717, 1.165) is 19.4 Å². The Morgan fingerprint density at radius 3 is 2.65 bits per heavy atom. The monoisotopic (exact) mass is 306 g/mol. The van der Waals surface area contributed by atoms with Crippen molar-refractivity contribution in [3.05, 3.63) is 0 Å². The molecule has 1 fully saturated rings. The number of sulfonamides is 1. The zero-order valence-corrected chi connectivity index (χ0v) is 14.1. The van der Waals surface area contributed by atoms with Gasteiger partial charge in [0.1, 0.15) is 0 Å². The number of ether oxygens (including phenoxy) is 1. The van der Waals surface area contributed by atoms with Gasteiger partial charge in [0.25, 0.3) is 0 Å². The predicted octanol–water partition coefficient (Wildman–Crippen LogP) is 1.45. The van der Waals surface area contributed by atoms with Gasteiger partial charge in [0.15, 0.2) is 0 Å². The Bertz CT molecular complexity index is 371. The zero-order chi connectivity index (χ0) is 15.2. The van der Waals surface area contributed by atoms with Crippen molar-refractivity contribution in [3.63, 3.8) is 0 Å². The van der Waals surface area contributed by atoms with Crippen LogP contribution in [0, 0.1) is 5.92 Å². The number of nitrogens with one attached hydrogen (secondary N) is 1. The molecule has 1 aliphatic rings. The molecule has 1 aliphatic heterocycles. The first-order chi connectivity index (χ1) is 9.36. The molecule has 20 heavy (non-hydrogen) atoms. The lowest BCUT2D eigenvalue weighted by Crippen LogP contribution is -2.47. The minimum Gasteiger partial charge on any atom is -0.378 e. The van der Waals surface area contributed by atoms with Gasteiger partial charge in [0, 0.05) is 19.1 Å². The molecule has 0 radical (unpaired) electrons. The van der Waals surface area contributed by atoms with Gasteiger partial charge >= 0.3 is 0 Å². The molecule has 0 saturated carbocycles. The standard InChI is InChI=1S/C14H30N2O3S/c1-5-15-13(4)14-7-6-8-16(11-14)20(17,18)10-9-19-12(2)3/h12-15H,5-11H2,1-4H3. The number of nitrogens with zero attached hydrogens (tertiary/aromatic N) is 1. The van der Waals surface area contributed by atoms with Crippen LogP contribution in [0.2, 0.25) is 0 Å². The molecule has 0 aromatic carbocycles. The Morgan fingerprint density at radius 2 is 2.05 bits per heavy atom. The second kappa shape index (κ2) is 8.32. The largest absolute Gasteiger partial charge is 0.378 e. The minimum absolute atomic E-state index is 0.0769. The topological polar surface area (TPSA) is 58.6 Å². The summed E-state index contributed by atoms with van der Waals surface area (Å²) in [6.07, 6.45) is 2.13. The van der Waals surface area contributed by atoms with Crippen molar-refractivity contribution in [1.82, 2.24) is 9.62 Å². The molecule has 120 valence electrons. The lowest BCUT2D eigenvalue weighted by Gasteiger charge is -2.35. The number of piperidine rings is 1. The van der Waals surface area contributed by atoms with E-state index in [1.807, 2.05) is 13.8 Å². The van der Waals surface area contributed by atoms with Crippen LogP contribution in [0.1, 0.15) is 40.5 Å². The molecular weight excluding hydrogens is 276 g/mol. The highest BCUT2D eigenvalue weighted by atomic mass is 32.2. The molecule has 0 bridgehead atoms. The lowest BCUT2D eigenvalue weighted by atomic mass is 9.93. The lowest BCUT2D eigenvalue weighted by molar-refractivity contribution is 0.0903. The first-order valence-electron chi connectivity index (χ1n) is 7.69. The Hall–Kier alpha value is -0.170. The maximum absolute atomic E-state index is 12.3. The van der Waals surface area contributed by atoms with E-state index in [1.54, 1.807) is 4.31 Å². The summed E-state index contributed by atoms with van der Waals surface area (Å²) < 4.78 is 31.7. The Kier molecular flexibility index (Phi) is 7.43. The molecular formula is C14H30N2O3S. The van der Waals surface area contributed by atoms with Gasteiger partial charge in [-0.25, -0.2) is 12.7 Å². The van der Waals surface area contributed by atoms with Gasteiger partial charge in [-0.05, 0) is 46.1 Å². The molecule has 0 spiro atoms. The third kappa shape index (κ3) is 5.68. The summed E-state index contributed by atoms with van der Waals surface area (Å²) in [6.45, 7) is 10.6. The second-order valence-electron chi connectivity index (χ2n) is 5.84. The van der Waals surface area contributed by atoms with Crippen LogP contribution in [0.25, 0.3) is 0 Å². The van der Waals surface area contributed by atoms with Crippen molar-refractivity contribution >= 4 is 10.0 Å². The van der Waals surface area contributed by atoms with Crippen LogP contribution < -0.4 is 5.32 Å². The molecule has 2 unspecified atom stereocenters. The first-order valence-corrected chi connectivity index (χ1v) is 9.30. The van der Waals surface area contributed by atoms with Gasteiger partial charge in [0.05, 0.1) is 18.5 Å². The molecule has 1 heterocycles. The third-order valence-corrected chi connectivity index (χ3v) is 5.64. The number of rotatable bonds is 8. The quantitative estimate of drug-likeness (QED) is 0.737. The minimum atomic E-state index is -3.18. The van der Waals surface area contributed by atoms with Crippen LogP contribution in [-0.2, 0) is 14.8 Å². The Morgan fingerprint density at radius 1 is 1.35 bits per heavy atom. The molecule has 6 heteroatoms. The summed E-state index contributed by atoms with van der Waals surface area (Å²) in [5.74, 6) is 0.498. The van der Waals surface area contributed by atoms with E-state index in [4.69, 9.17) is 4.74 Å². The fourth-order valence-corrected chi connectivity index (χ4v) is 4.03. The summed E-state index contributed by atoms with van der Waals surface area (Å²) in [5, 5.41) is 3.40. The summed E-state index contributed by atoms with van der Waals surface area (Å²) in [7, 11) is -3.18. The van der Waals surface area contributed by atoms with Gasteiger partial charge in [-0.2, -0.15) is 0 Å². The normalized spacial score (nSPS) is 23.1. The van der Waals surface area contributed by atoms with Crippen LogP contribution in [-0.4, -0.2) is 56.9 Å². The van der Waals surface area contributed by atoms with Crippen molar-refractivity contribution in [2.75, 3.05) is 32.0 Å². The average Bonchev–Trinajstić information content (AvgIpc) is 2.38. The summed E-state index contributed by atoms with van der Waals surface area (Å²) in [6, 6.07) is 0.366. The van der Waals surface area contributed by atoms with Gasteiger partial charge in [0.2, 0.25) is 10.0 Å². The van der Waals surface area contributed by atoms with E-state index in [1.165, 1.54) is 0 Å². The van der Waals surface area contributed by atoms with E-state index in [-0.39, 0.29) is 18.5 Å². The molecule has 1 rings (SSSR count). The molecule has 0 aliphatic carbocycles. The predicted molar refractivity (Wildman–Crippen MR) is 82.3 cm³/mol. The van der Waals surface area contributed by atoms with Crippen LogP contribution in [0.15, 0.2) is 0 Å². The highest BCUT2D eigenvalue weighted by Crippen LogP contribution is 2.22. The fraction of sp³-hybridized carbons (Fsp3) is 1.00. The van der Waals surface area contributed by atoms with Crippen molar-refractivity contribution in [1.29, 1.82) is 0 Å². The maximum Gasteiger partial charge on any atom is 0.216 e. The van der Waals surface area contributed by atoms with E-state index in [2.05, 4.69) is 19.2 Å². The van der Waals surface area contributed by atoms with E-state index in [9.17, 15) is 8.42 Å². The average molecular weight is 306 g/mol. The van der Waals surface area contributed by atoms with Crippen molar-refractivity contribution in [3.8, 4) is 0 Å². The third-order valence-electron chi connectivity index (χ3n) is 3.84. The van der Waals surface area contributed by atoms with Gasteiger partial charge in [-0.3, -0.25) is 0 Å². The van der Waals surface area contributed by atoms with Crippen LogP contribution >= 0.6 is 0 Å². The zero-order valence-electron chi connectivity index (χ0n) is 13.3. The molecule has 0 aromatic rings. The van der Waals surface area contributed by atoms with Crippen molar-refractivity contribution in [2.45, 2.75) is 52.7 Å². The molecule has 5 nitrogen and oxygen atoms in total. The van der Waals surface area contributed by atoms with E-state index >= 15 is 0 Å². The fourth-order valence-electron chi connectivity index (χ4n) is 2.64. The van der Waals surface area contributed by atoms with Crippen LogP contribution in [0.5, 0.6) is 0 Å². The summed E-state index contributed by atoms with van der Waals surface area (Å²) >= 11 is 0. The first kappa shape index (κ1) is 17.9. The Balaban J connectivity index is 2.52. The molecule has 0 amide bonds. The number of hydrogen-bond acceptors (Lipinski definition) is 4. The van der Waals surface area contributed by atoms with E-state index < -0.39 is 10.0 Å². The van der Waals surface area contributed by atoms with Crippen LogP contribution in [0.4, 0.5) is 0 Å². The molecule has 1 saturated heterocycles. The summed E-state index contributed by atoms with van der Waals surface area (Å²) in [5.41, 5.74) is 0. The second-order valence-corrected chi connectivity index (χ2v) is 7.93. The van der Waals surface area contributed by atoms with E-state index in [0.29, 0.717) is 25.0 Å². The Labute approximate surface area is 124 Å². The highest BCUT2D eigenvalue weighted by molar-refractivity contribution is 7.89. The maximum atomic E-state index is 12.3. The number of hydrogen-bond donors (Lipinski definition) is 1. The SMILES string of the molecule is CCNC(C)C1CCCN(S(=O)(=O)CCOC(C)C)C1.